The molecular weight excluding hydrogens is 328 g/mol. The van der Waals surface area contributed by atoms with E-state index in [1.807, 2.05) is 30.3 Å². The summed E-state index contributed by atoms with van der Waals surface area (Å²) in [6.07, 6.45) is 3.95. The molecule has 0 atom stereocenters. The van der Waals surface area contributed by atoms with Crippen LogP contribution in [0.4, 0.5) is 0 Å². The molecular formula is C22H22O4. The summed E-state index contributed by atoms with van der Waals surface area (Å²) in [4.78, 5) is 23.2. The maximum atomic E-state index is 11.6. The van der Waals surface area contributed by atoms with Gasteiger partial charge in [0.15, 0.2) is 0 Å². The lowest BCUT2D eigenvalue weighted by molar-refractivity contribution is 0.0592. The molecule has 0 saturated carbocycles. The Morgan fingerprint density at radius 2 is 1.19 bits per heavy atom. The van der Waals surface area contributed by atoms with Gasteiger partial charge in [-0.2, -0.15) is 0 Å². The van der Waals surface area contributed by atoms with E-state index in [1.54, 1.807) is 24.3 Å². The van der Waals surface area contributed by atoms with Gasteiger partial charge in [-0.15, -0.1) is 5.73 Å². The van der Waals surface area contributed by atoms with Gasteiger partial charge in [-0.25, -0.2) is 9.59 Å². The van der Waals surface area contributed by atoms with Crippen molar-refractivity contribution in [3.05, 3.63) is 82.6 Å². The minimum atomic E-state index is -0.369. The molecule has 0 aromatic heterocycles. The Bertz CT molecular complexity index is 762. The number of methoxy groups -OCH3 is 2. The van der Waals surface area contributed by atoms with Crippen LogP contribution in [0.25, 0.3) is 5.57 Å². The van der Waals surface area contributed by atoms with Crippen molar-refractivity contribution in [1.82, 2.24) is 0 Å². The standard InChI is InChI=1S/C22H22O4/c1-4-5-6-7-20(16-8-12-18(13-9-16)21(23)25-2)17-10-14-19(15-11-17)22(24)26-3/h6,8-15H,4-5H2,1-3H3. The van der Waals surface area contributed by atoms with E-state index in [4.69, 9.17) is 9.47 Å². The number of rotatable bonds is 6. The van der Waals surface area contributed by atoms with Gasteiger partial charge in [0.1, 0.15) is 0 Å². The van der Waals surface area contributed by atoms with Gasteiger partial charge >= 0.3 is 11.9 Å². The smallest absolute Gasteiger partial charge is 0.337 e. The van der Waals surface area contributed by atoms with Crippen molar-refractivity contribution in [2.75, 3.05) is 14.2 Å². The third-order valence-corrected chi connectivity index (χ3v) is 3.87. The fourth-order valence-corrected chi connectivity index (χ4v) is 2.43. The predicted molar refractivity (Wildman–Crippen MR) is 101 cm³/mol. The molecule has 0 radical (unpaired) electrons. The third kappa shape index (κ3) is 4.71. The zero-order valence-electron chi connectivity index (χ0n) is 15.2. The number of esters is 2. The molecule has 0 spiro atoms. The lowest BCUT2D eigenvalue weighted by atomic mass is 9.96. The molecule has 0 bridgehead atoms. The average Bonchev–Trinajstić information content (AvgIpc) is 2.70. The topological polar surface area (TPSA) is 52.6 Å². The fraction of sp³-hybridized carbons (Fsp3) is 0.227. The van der Waals surface area contributed by atoms with Gasteiger partial charge in [0.2, 0.25) is 0 Å². The molecule has 0 unspecified atom stereocenters. The maximum absolute atomic E-state index is 11.6. The Morgan fingerprint density at radius 3 is 1.54 bits per heavy atom. The largest absolute Gasteiger partial charge is 0.465 e. The number of benzene rings is 2. The maximum Gasteiger partial charge on any atom is 0.337 e. The summed E-state index contributed by atoms with van der Waals surface area (Å²) in [6, 6.07) is 14.4. The van der Waals surface area contributed by atoms with Crippen LogP contribution < -0.4 is 0 Å². The number of carbonyl (C=O) groups is 2. The number of carbonyl (C=O) groups excluding carboxylic acids is 2. The van der Waals surface area contributed by atoms with Crippen molar-refractivity contribution in [1.29, 1.82) is 0 Å². The molecule has 2 aromatic rings. The van der Waals surface area contributed by atoms with E-state index in [0.29, 0.717) is 11.1 Å². The van der Waals surface area contributed by atoms with Crippen LogP contribution in [-0.4, -0.2) is 26.2 Å². The van der Waals surface area contributed by atoms with Gasteiger partial charge < -0.3 is 9.47 Å². The van der Waals surface area contributed by atoms with E-state index in [1.165, 1.54) is 14.2 Å². The molecule has 0 saturated heterocycles. The van der Waals surface area contributed by atoms with Crippen LogP contribution in [0.5, 0.6) is 0 Å². The highest BCUT2D eigenvalue weighted by atomic mass is 16.5. The highest BCUT2D eigenvalue weighted by molar-refractivity contribution is 5.91. The Morgan fingerprint density at radius 1 is 0.808 bits per heavy atom. The molecule has 26 heavy (non-hydrogen) atoms. The molecule has 0 aliphatic rings. The first-order valence-corrected chi connectivity index (χ1v) is 8.43. The van der Waals surface area contributed by atoms with Crippen LogP contribution in [0.1, 0.15) is 51.6 Å². The first kappa shape index (κ1) is 19.2. The Labute approximate surface area is 153 Å². The molecule has 0 aliphatic carbocycles. The molecule has 0 aliphatic heterocycles. The van der Waals surface area contributed by atoms with Crippen LogP contribution in [0.2, 0.25) is 0 Å². The van der Waals surface area contributed by atoms with E-state index in [2.05, 4.69) is 12.7 Å². The van der Waals surface area contributed by atoms with Crippen molar-refractivity contribution in [3.63, 3.8) is 0 Å². The van der Waals surface area contributed by atoms with Gasteiger partial charge in [0.05, 0.1) is 25.3 Å². The van der Waals surface area contributed by atoms with Crippen molar-refractivity contribution in [2.45, 2.75) is 19.8 Å². The molecule has 4 heteroatoms. The fourth-order valence-electron chi connectivity index (χ4n) is 2.43. The average molecular weight is 350 g/mol. The number of hydrogen-bond donors (Lipinski definition) is 0. The van der Waals surface area contributed by atoms with Crippen molar-refractivity contribution in [3.8, 4) is 0 Å². The van der Waals surface area contributed by atoms with Gasteiger partial charge in [-0.05, 0) is 47.9 Å². The second kappa shape index (κ2) is 9.40. The van der Waals surface area contributed by atoms with Gasteiger partial charge in [-0.1, -0.05) is 37.6 Å². The van der Waals surface area contributed by atoms with Crippen LogP contribution >= 0.6 is 0 Å². The van der Waals surface area contributed by atoms with E-state index in [-0.39, 0.29) is 11.9 Å². The van der Waals surface area contributed by atoms with Crippen LogP contribution in [0.3, 0.4) is 0 Å². The Kier molecular flexibility index (Phi) is 6.95. The minimum absolute atomic E-state index is 0.369. The monoisotopic (exact) mass is 350 g/mol. The van der Waals surface area contributed by atoms with E-state index >= 15 is 0 Å². The van der Waals surface area contributed by atoms with Gasteiger partial charge in [0, 0.05) is 5.57 Å². The minimum Gasteiger partial charge on any atom is -0.465 e. The summed E-state index contributed by atoms with van der Waals surface area (Å²) in [6.45, 7) is 2.11. The highest BCUT2D eigenvalue weighted by Gasteiger charge is 2.10. The van der Waals surface area contributed by atoms with E-state index in [0.717, 1.165) is 29.5 Å². The summed E-state index contributed by atoms with van der Waals surface area (Å²) >= 11 is 0. The molecule has 4 nitrogen and oxygen atoms in total. The second-order valence-corrected chi connectivity index (χ2v) is 5.65. The van der Waals surface area contributed by atoms with Crippen molar-refractivity contribution in [2.24, 2.45) is 0 Å². The molecule has 0 heterocycles. The SMILES string of the molecule is CCCC=C=C(c1ccc(C(=O)OC)cc1)c1ccc(C(=O)OC)cc1. The zero-order chi connectivity index (χ0) is 18.9. The number of allylic oxidation sites excluding steroid dienone is 1. The molecule has 134 valence electrons. The Hall–Kier alpha value is -3.10. The number of ether oxygens (including phenoxy) is 2. The van der Waals surface area contributed by atoms with E-state index in [9.17, 15) is 9.59 Å². The summed E-state index contributed by atoms with van der Waals surface area (Å²) in [7, 11) is 2.72. The quantitative estimate of drug-likeness (QED) is 0.562. The lowest BCUT2D eigenvalue weighted by Gasteiger charge is -2.08. The summed E-state index contributed by atoms with van der Waals surface area (Å²) in [5.74, 6) is -0.739. The second-order valence-electron chi connectivity index (χ2n) is 5.65. The summed E-state index contributed by atoms with van der Waals surface area (Å²) in [5, 5.41) is 0. The molecule has 0 amide bonds. The van der Waals surface area contributed by atoms with Crippen molar-refractivity contribution < 1.29 is 19.1 Å². The summed E-state index contributed by atoms with van der Waals surface area (Å²) in [5.41, 5.74) is 7.08. The lowest BCUT2D eigenvalue weighted by Crippen LogP contribution is -2.01. The zero-order valence-corrected chi connectivity index (χ0v) is 15.2. The predicted octanol–water partition coefficient (Wildman–Crippen LogP) is 4.65. The Balaban J connectivity index is 2.43. The molecule has 0 N–H and O–H groups in total. The third-order valence-electron chi connectivity index (χ3n) is 3.87. The molecule has 2 rings (SSSR count). The van der Waals surface area contributed by atoms with Crippen LogP contribution in [0.15, 0.2) is 60.3 Å². The first-order valence-electron chi connectivity index (χ1n) is 8.43. The number of hydrogen-bond acceptors (Lipinski definition) is 4. The summed E-state index contributed by atoms with van der Waals surface area (Å²) < 4.78 is 9.47. The first-order chi connectivity index (χ1) is 12.6. The van der Waals surface area contributed by atoms with Crippen LogP contribution in [-0.2, 0) is 9.47 Å². The van der Waals surface area contributed by atoms with Gasteiger partial charge in [0.25, 0.3) is 0 Å². The van der Waals surface area contributed by atoms with Gasteiger partial charge in [-0.3, -0.25) is 0 Å². The number of unbranched alkanes of at least 4 members (excludes halogenated alkanes) is 1. The van der Waals surface area contributed by atoms with Crippen molar-refractivity contribution >= 4 is 17.5 Å². The molecule has 2 aromatic carbocycles. The molecule has 0 fully saturated rings. The van der Waals surface area contributed by atoms with Crippen LogP contribution in [0, 0.1) is 0 Å². The normalized spacial score (nSPS) is 9.81. The van der Waals surface area contributed by atoms with E-state index < -0.39 is 0 Å². The highest BCUT2D eigenvalue weighted by Crippen LogP contribution is 2.24.